The van der Waals surface area contributed by atoms with Crippen molar-refractivity contribution in [3.05, 3.63) is 63.2 Å². The zero-order valence-corrected chi connectivity index (χ0v) is 14.0. The number of carbonyl (C=O) groups is 1. The number of hydrogen-bond donors (Lipinski definition) is 2. The SMILES string of the molecule is COc1cc(C=C(C#N)C(=O)Nc2cccc(C)c2)cc([N+](=O)[O-])c1O. The van der Waals surface area contributed by atoms with Gasteiger partial charge < -0.3 is 15.2 Å². The topological polar surface area (TPSA) is 125 Å². The molecule has 0 fully saturated rings. The lowest BCUT2D eigenvalue weighted by Crippen LogP contribution is -2.13. The number of nitrogens with zero attached hydrogens (tertiary/aromatic N) is 2. The summed E-state index contributed by atoms with van der Waals surface area (Å²) in [5.74, 6) is -1.42. The molecule has 8 nitrogen and oxygen atoms in total. The molecule has 1 amide bonds. The maximum Gasteiger partial charge on any atom is 0.315 e. The number of nitro benzene ring substituents is 1. The van der Waals surface area contributed by atoms with Gasteiger partial charge in [-0.1, -0.05) is 12.1 Å². The van der Waals surface area contributed by atoms with Gasteiger partial charge in [0.25, 0.3) is 5.91 Å². The van der Waals surface area contributed by atoms with Crippen LogP contribution in [0.5, 0.6) is 11.5 Å². The highest BCUT2D eigenvalue weighted by Gasteiger charge is 2.20. The van der Waals surface area contributed by atoms with Crippen molar-refractivity contribution in [2.75, 3.05) is 12.4 Å². The molecule has 0 unspecified atom stereocenters. The van der Waals surface area contributed by atoms with E-state index in [2.05, 4.69) is 5.32 Å². The lowest BCUT2D eigenvalue weighted by atomic mass is 10.1. The van der Waals surface area contributed by atoms with E-state index in [1.54, 1.807) is 24.3 Å². The van der Waals surface area contributed by atoms with Crippen molar-refractivity contribution in [3.63, 3.8) is 0 Å². The molecule has 0 aliphatic heterocycles. The highest BCUT2D eigenvalue weighted by Crippen LogP contribution is 2.37. The van der Waals surface area contributed by atoms with Crippen LogP contribution in [0.3, 0.4) is 0 Å². The number of amides is 1. The molecule has 0 saturated heterocycles. The molecule has 0 radical (unpaired) electrons. The van der Waals surface area contributed by atoms with Crippen molar-refractivity contribution < 1.29 is 19.6 Å². The van der Waals surface area contributed by atoms with Gasteiger partial charge in [0, 0.05) is 11.8 Å². The lowest BCUT2D eigenvalue weighted by molar-refractivity contribution is -0.386. The largest absolute Gasteiger partial charge is 0.500 e. The second-order valence-electron chi connectivity index (χ2n) is 5.34. The van der Waals surface area contributed by atoms with E-state index in [4.69, 9.17) is 4.74 Å². The van der Waals surface area contributed by atoms with Crippen molar-refractivity contribution >= 4 is 23.4 Å². The molecule has 2 N–H and O–H groups in total. The van der Waals surface area contributed by atoms with Crippen LogP contribution in [0.4, 0.5) is 11.4 Å². The first-order chi connectivity index (χ1) is 12.3. The zero-order valence-electron chi connectivity index (χ0n) is 14.0. The minimum absolute atomic E-state index is 0.137. The van der Waals surface area contributed by atoms with Gasteiger partial charge in [-0.25, -0.2) is 0 Å². The number of carbonyl (C=O) groups excluding carboxylic acids is 1. The van der Waals surface area contributed by atoms with Gasteiger partial charge in [-0.05, 0) is 42.3 Å². The molecule has 0 bridgehead atoms. The van der Waals surface area contributed by atoms with Gasteiger partial charge in [0.05, 0.1) is 12.0 Å². The number of ether oxygens (including phenoxy) is 1. The van der Waals surface area contributed by atoms with Crippen molar-refractivity contribution in [1.82, 2.24) is 0 Å². The molecule has 0 aromatic heterocycles. The summed E-state index contributed by atoms with van der Waals surface area (Å²) in [6, 6.07) is 11.1. The van der Waals surface area contributed by atoms with Gasteiger partial charge in [0.1, 0.15) is 11.6 Å². The highest BCUT2D eigenvalue weighted by atomic mass is 16.6. The first kappa shape index (κ1) is 18.5. The summed E-state index contributed by atoms with van der Waals surface area (Å²) in [6.07, 6.45) is 1.18. The number of methoxy groups -OCH3 is 1. The van der Waals surface area contributed by atoms with Gasteiger partial charge in [0.15, 0.2) is 5.75 Å². The Kier molecular flexibility index (Phi) is 5.55. The number of aryl methyl sites for hydroxylation is 1. The summed E-state index contributed by atoms with van der Waals surface area (Å²) < 4.78 is 4.89. The Morgan fingerprint density at radius 1 is 1.38 bits per heavy atom. The summed E-state index contributed by atoms with van der Waals surface area (Å²) in [6.45, 7) is 1.86. The number of phenols is 1. The Morgan fingerprint density at radius 2 is 2.12 bits per heavy atom. The predicted molar refractivity (Wildman–Crippen MR) is 94.7 cm³/mol. The van der Waals surface area contributed by atoms with Crippen LogP contribution in [-0.4, -0.2) is 23.0 Å². The van der Waals surface area contributed by atoms with E-state index in [9.17, 15) is 25.3 Å². The van der Waals surface area contributed by atoms with Crippen LogP contribution in [0.1, 0.15) is 11.1 Å². The third-order valence-electron chi connectivity index (χ3n) is 3.45. The average Bonchev–Trinajstić information content (AvgIpc) is 2.60. The monoisotopic (exact) mass is 353 g/mol. The number of phenolic OH excluding ortho intramolecular Hbond substituents is 1. The Hall–Kier alpha value is -3.86. The highest BCUT2D eigenvalue weighted by molar-refractivity contribution is 6.09. The predicted octanol–water partition coefficient (Wildman–Crippen LogP) is 3.16. The molecule has 0 saturated carbocycles. The van der Waals surface area contributed by atoms with Crippen molar-refractivity contribution in [2.45, 2.75) is 6.92 Å². The molecule has 8 heteroatoms. The minimum Gasteiger partial charge on any atom is -0.500 e. The van der Waals surface area contributed by atoms with E-state index >= 15 is 0 Å². The summed E-state index contributed by atoms with van der Waals surface area (Å²) >= 11 is 0. The number of aromatic hydroxyl groups is 1. The van der Waals surface area contributed by atoms with Gasteiger partial charge in [0.2, 0.25) is 5.75 Å². The molecule has 26 heavy (non-hydrogen) atoms. The van der Waals surface area contributed by atoms with Gasteiger partial charge in [-0.15, -0.1) is 0 Å². The molecule has 2 aromatic rings. The first-order valence-corrected chi connectivity index (χ1v) is 7.41. The van der Waals surface area contributed by atoms with E-state index < -0.39 is 22.3 Å². The molecule has 0 atom stereocenters. The van der Waals surface area contributed by atoms with Crippen LogP contribution < -0.4 is 10.1 Å². The van der Waals surface area contributed by atoms with Crippen LogP contribution in [0.25, 0.3) is 6.08 Å². The normalized spacial score (nSPS) is 10.7. The number of nitriles is 1. The second-order valence-corrected chi connectivity index (χ2v) is 5.34. The maximum absolute atomic E-state index is 12.3. The molecule has 2 rings (SSSR count). The number of nitrogens with one attached hydrogen (secondary N) is 1. The maximum atomic E-state index is 12.3. The third-order valence-corrected chi connectivity index (χ3v) is 3.45. The van der Waals surface area contributed by atoms with Gasteiger partial charge in [-0.3, -0.25) is 14.9 Å². The summed E-state index contributed by atoms with van der Waals surface area (Å²) in [4.78, 5) is 22.5. The fourth-order valence-corrected chi connectivity index (χ4v) is 2.23. The minimum atomic E-state index is -0.784. The molecule has 2 aromatic carbocycles. The smallest absolute Gasteiger partial charge is 0.315 e. The molecular weight excluding hydrogens is 338 g/mol. The van der Waals surface area contributed by atoms with Crippen molar-refractivity contribution in [2.24, 2.45) is 0 Å². The van der Waals surface area contributed by atoms with E-state index in [1.165, 1.54) is 19.3 Å². The summed E-state index contributed by atoms with van der Waals surface area (Å²) in [5, 5.41) is 32.6. The molecule has 0 aliphatic rings. The van der Waals surface area contributed by atoms with E-state index in [1.807, 2.05) is 13.0 Å². The third kappa shape index (κ3) is 4.15. The van der Waals surface area contributed by atoms with E-state index in [0.717, 1.165) is 11.6 Å². The lowest BCUT2D eigenvalue weighted by Gasteiger charge is -2.07. The van der Waals surface area contributed by atoms with Gasteiger partial charge >= 0.3 is 5.69 Å². The Balaban J connectivity index is 2.39. The summed E-state index contributed by atoms with van der Waals surface area (Å²) in [7, 11) is 1.24. The summed E-state index contributed by atoms with van der Waals surface area (Å²) in [5.41, 5.74) is 0.775. The Morgan fingerprint density at radius 3 is 2.69 bits per heavy atom. The molecule has 0 heterocycles. The Labute approximate surface area is 149 Å². The molecule has 0 aliphatic carbocycles. The fourth-order valence-electron chi connectivity index (χ4n) is 2.23. The number of benzene rings is 2. The standard InChI is InChI=1S/C18H15N3O5/c1-11-4-3-5-14(6-11)20-18(23)13(10-19)7-12-8-15(21(24)25)17(22)16(9-12)26-2/h3-9,22H,1-2H3,(H,20,23). The first-order valence-electron chi connectivity index (χ1n) is 7.41. The average molecular weight is 353 g/mol. The number of rotatable bonds is 5. The number of hydrogen-bond acceptors (Lipinski definition) is 6. The molecule has 0 spiro atoms. The zero-order chi connectivity index (χ0) is 19.3. The molecular formula is C18H15N3O5. The van der Waals surface area contributed by atoms with Crippen LogP contribution in [0, 0.1) is 28.4 Å². The van der Waals surface area contributed by atoms with Crippen LogP contribution >= 0.6 is 0 Å². The van der Waals surface area contributed by atoms with Crippen LogP contribution in [0.2, 0.25) is 0 Å². The van der Waals surface area contributed by atoms with Gasteiger partial charge in [-0.2, -0.15) is 5.26 Å². The quantitative estimate of drug-likeness (QED) is 0.368. The van der Waals surface area contributed by atoms with Crippen LogP contribution in [0.15, 0.2) is 42.0 Å². The molecule has 132 valence electrons. The second kappa shape index (κ2) is 7.81. The van der Waals surface area contributed by atoms with Crippen molar-refractivity contribution in [1.29, 1.82) is 5.26 Å². The van der Waals surface area contributed by atoms with Crippen molar-refractivity contribution in [3.8, 4) is 17.6 Å². The number of anilines is 1. The Bertz CT molecular complexity index is 944. The van der Waals surface area contributed by atoms with E-state index in [-0.39, 0.29) is 16.9 Å². The van der Waals surface area contributed by atoms with Crippen LogP contribution in [-0.2, 0) is 4.79 Å². The fraction of sp³-hybridized carbons (Fsp3) is 0.111. The van der Waals surface area contributed by atoms with E-state index in [0.29, 0.717) is 5.69 Å². The number of nitro groups is 1.